The topological polar surface area (TPSA) is 44.8 Å². The number of esters is 1. The second-order valence-electron chi connectivity index (χ2n) is 8.66. The zero-order valence-corrected chi connectivity index (χ0v) is 20.0. The highest BCUT2D eigenvalue weighted by molar-refractivity contribution is 6.99. The summed E-state index contributed by atoms with van der Waals surface area (Å²) in [7, 11) is 0.0499. The van der Waals surface area contributed by atoms with Gasteiger partial charge in [0.2, 0.25) is 0 Å². The molecule has 5 heteroatoms. The van der Waals surface area contributed by atoms with E-state index < -0.39 is 26.5 Å². The van der Waals surface area contributed by atoms with Crippen LogP contribution < -0.4 is 10.4 Å². The van der Waals surface area contributed by atoms with Gasteiger partial charge in [0, 0.05) is 7.11 Å². The van der Waals surface area contributed by atoms with Crippen LogP contribution in [0.5, 0.6) is 0 Å². The molecule has 0 bridgehead atoms. The second kappa shape index (κ2) is 10.2. The van der Waals surface area contributed by atoms with Gasteiger partial charge >= 0.3 is 5.97 Å². The summed E-state index contributed by atoms with van der Waals surface area (Å²) in [6, 6.07) is 20.4. The van der Waals surface area contributed by atoms with E-state index in [4.69, 9.17) is 13.9 Å². The van der Waals surface area contributed by atoms with Gasteiger partial charge in [-0.15, -0.1) is 6.58 Å². The lowest BCUT2D eigenvalue weighted by atomic mass is 10.1. The number of ether oxygens (including phenoxy) is 2. The summed E-state index contributed by atoms with van der Waals surface area (Å²) in [5.41, 5.74) is 0.918. The summed E-state index contributed by atoms with van der Waals surface area (Å²) < 4.78 is 17.8. The Bertz CT molecular complexity index is 788. The third kappa shape index (κ3) is 5.09. The van der Waals surface area contributed by atoms with E-state index >= 15 is 0 Å². The maximum Gasteiger partial charge on any atom is 0.336 e. The van der Waals surface area contributed by atoms with Gasteiger partial charge in [-0.25, -0.2) is 4.79 Å². The first kappa shape index (κ1) is 24.1. The SMILES string of the molecule is C=C(C)C[C@H](OC)[C@H](O[Si](c1ccccc1)(c1ccccc1)C(C)(C)C)C(=O)OC. The smallest absolute Gasteiger partial charge is 0.336 e. The molecule has 30 heavy (non-hydrogen) atoms. The lowest BCUT2D eigenvalue weighted by molar-refractivity contribution is -0.156. The Morgan fingerprint density at radius 2 is 1.43 bits per heavy atom. The number of rotatable bonds is 9. The highest BCUT2D eigenvalue weighted by Crippen LogP contribution is 2.38. The van der Waals surface area contributed by atoms with E-state index in [0.29, 0.717) is 6.42 Å². The molecule has 2 rings (SSSR count). The number of carbonyl (C=O) groups is 1. The molecule has 2 atom stereocenters. The van der Waals surface area contributed by atoms with Crippen molar-refractivity contribution in [3.63, 3.8) is 0 Å². The van der Waals surface area contributed by atoms with Crippen molar-refractivity contribution in [2.75, 3.05) is 14.2 Å². The predicted octanol–water partition coefficient (Wildman–Crippen LogP) is 4.09. The minimum atomic E-state index is -2.93. The Morgan fingerprint density at radius 3 is 1.77 bits per heavy atom. The van der Waals surface area contributed by atoms with Gasteiger partial charge in [0.1, 0.15) is 0 Å². The van der Waals surface area contributed by atoms with Crippen LogP contribution in [0.2, 0.25) is 5.04 Å². The highest BCUT2D eigenvalue weighted by atomic mass is 28.4. The average molecular weight is 427 g/mol. The van der Waals surface area contributed by atoms with Gasteiger partial charge in [-0.3, -0.25) is 0 Å². The first-order chi connectivity index (χ1) is 14.2. The van der Waals surface area contributed by atoms with Crippen molar-refractivity contribution in [3.8, 4) is 0 Å². The molecule has 0 fully saturated rings. The molecule has 0 radical (unpaired) electrons. The normalized spacial score (nSPS) is 14.1. The lowest BCUT2D eigenvalue weighted by Gasteiger charge is -2.45. The van der Waals surface area contributed by atoms with Crippen LogP contribution in [-0.2, 0) is 18.7 Å². The Balaban J connectivity index is 2.74. The monoisotopic (exact) mass is 426 g/mol. The largest absolute Gasteiger partial charge is 0.467 e. The molecule has 2 aromatic rings. The van der Waals surface area contributed by atoms with Crippen molar-refractivity contribution >= 4 is 24.7 Å². The summed E-state index contributed by atoms with van der Waals surface area (Å²) in [6.45, 7) is 12.4. The van der Waals surface area contributed by atoms with Crippen LogP contribution in [0.4, 0.5) is 0 Å². The number of hydrogen-bond donors (Lipinski definition) is 0. The van der Waals surface area contributed by atoms with Crippen molar-refractivity contribution in [1.29, 1.82) is 0 Å². The summed E-state index contributed by atoms with van der Waals surface area (Å²) >= 11 is 0. The van der Waals surface area contributed by atoms with E-state index in [9.17, 15) is 4.79 Å². The van der Waals surface area contributed by atoms with E-state index in [-0.39, 0.29) is 5.04 Å². The molecule has 0 amide bonds. The fourth-order valence-corrected chi connectivity index (χ4v) is 8.57. The Hall–Kier alpha value is -2.21. The molecule has 2 aromatic carbocycles. The highest BCUT2D eigenvalue weighted by Gasteiger charge is 2.53. The van der Waals surface area contributed by atoms with E-state index in [1.165, 1.54) is 7.11 Å². The van der Waals surface area contributed by atoms with Crippen LogP contribution >= 0.6 is 0 Å². The third-order valence-corrected chi connectivity index (χ3v) is 10.4. The Kier molecular flexibility index (Phi) is 8.18. The predicted molar refractivity (Wildman–Crippen MR) is 125 cm³/mol. The first-order valence-electron chi connectivity index (χ1n) is 10.2. The van der Waals surface area contributed by atoms with Gasteiger partial charge in [0.15, 0.2) is 6.10 Å². The van der Waals surface area contributed by atoms with Crippen molar-refractivity contribution in [2.45, 2.75) is 51.4 Å². The molecule has 0 saturated heterocycles. The van der Waals surface area contributed by atoms with E-state index in [1.54, 1.807) is 7.11 Å². The molecule has 0 aromatic heterocycles. The summed E-state index contributed by atoms with van der Waals surface area (Å²) in [4.78, 5) is 12.9. The zero-order valence-electron chi connectivity index (χ0n) is 19.0. The van der Waals surface area contributed by atoms with E-state index in [2.05, 4.69) is 51.6 Å². The molecule has 0 aliphatic carbocycles. The molecule has 0 aliphatic rings. The van der Waals surface area contributed by atoms with Gasteiger partial charge in [-0.1, -0.05) is 87.0 Å². The molecule has 0 aliphatic heterocycles. The van der Waals surface area contributed by atoms with Crippen LogP contribution in [0, 0.1) is 0 Å². The number of carbonyl (C=O) groups excluding carboxylic acids is 1. The second-order valence-corrected chi connectivity index (χ2v) is 12.9. The van der Waals surface area contributed by atoms with Gasteiger partial charge in [0.25, 0.3) is 8.32 Å². The zero-order chi connectivity index (χ0) is 22.4. The van der Waals surface area contributed by atoms with Gasteiger partial charge in [0.05, 0.1) is 13.2 Å². The van der Waals surface area contributed by atoms with Crippen LogP contribution in [0.25, 0.3) is 0 Å². The maximum atomic E-state index is 12.9. The third-order valence-electron chi connectivity index (χ3n) is 5.34. The van der Waals surface area contributed by atoms with Gasteiger partial charge in [-0.2, -0.15) is 0 Å². The molecule has 0 unspecified atom stereocenters. The number of benzene rings is 2. The van der Waals surface area contributed by atoms with Crippen molar-refractivity contribution in [3.05, 3.63) is 72.8 Å². The maximum absolute atomic E-state index is 12.9. The van der Waals surface area contributed by atoms with Crippen LogP contribution in [0.15, 0.2) is 72.8 Å². The van der Waals surface area contributed by atoms with Crippen LogP contribution in [-0.4, -0.2) is 40.7 Å². The summed E-state index contributed by atoms with van der Waals surface area (Å²) in [5.74, 6) is -0.434. The molecule has 0 saturated carbocycles. The average Bonchev–Trinajstić information content (AvgIpc) is 2.73. The molecular weight excluding hydrogens is 392 g/mol. The number of methoxy groups -OCH3 is 2. The molecule has 4 nitrogen and oxygen atoms in total. The number of hydrogen-bond acceptors (Lipinski definition) is 4. The van der Waals surface area contributed by atoms with Gasteiger partial charge < -0.3 is 13.9 Å². The summed E-state index contributed by atoms with van der Waals surface area (Å²) in [5, 5.41) is 1.94. The van der Waals surface area contributed by atoms with Crippen molar-refractivity contribution < 1.29 is 18.7 Å². The minimum Gasteiger partial charge on any atom is -0.467 e. The Morgan fingerprint density at radius 1 is 0.967 bits per heavy atom. The van der Waals surface area contributed by atoms with Crippen LogP contribution in [0.3, 0.4) is 0 Å². The first-order valence-corrected chi connectivity index (χ1v) is 12.1. The van der Waals surface area contributed by atoms with Gasteiger partial charge in [-0.05, 0) is 28.8 Å². The summed E-state index contributed by atoms with van der Waals surface area (Å²) in [6.07, 6.45) is -0.853. The molecule has 0 heterocycles. The van der Waals surface area contributed by atoms with E-state index in [0.717, 1.165) is 15.9 Å². The molecular formula is C25H34O4Si. The van der Waals surface area contributed by atoms with E-state index in [1.807, 2.05) is 43.3 Å². The van der Waals surface area contributed by atoms with Crippen molar-refractivity contribution in [2.24, 2.45) is 0 Å². The Labute approximate surface area is 182 Å². The fourth-order valence-electron chi connectivity index (χ4n) is 3.93. The molecule has 0 N–H and O–H groups in total. The fraction of sp³-hybridized carbons (Fsp3) is 0.400. The van der Waals surface area contributed by atoms with Crippen molar-refractivity contribution in [1.82, 2.24) is 0 Å². The minimum absolute atomic E-state index is 0.260. The van der Waals surface area contributed by atoms with Crippen LogP contribution in [0.1, 0.15) is 34.1 Å². The standard InChI is InChI=1S/C25H34O4Si/c1-19(2)18-22(27-6)23(24(26)28-7)29-30(25(3,4)5,20-14-10-8-11-15-20)21-16-12-9-13-17-21/h8-17,22-23H,1,18H2,2-7H3/t22-,23-/m0/s1. The molecule has 162 valence electrons. The molecule has 0 spiro atoms. The lowest BCUT2D eigenvalue weighted by Crippen LogP contribution is -2.69. The quantitative estimate of drug-likeness (QED) is 0.344.